The van der Waals surface area contributed by atoms with Gasteiger partial charge in [-0.25, -0.2) is 19.3 Å². The van der Waals surface area contributed by atoms with Gasteiger partial charge in [-0.15, -0.1) is 0 Å². The van der Waals surface area contributed by atoms with E-state index in [-0.39, 0.29) is 28.9 Å². The molecule has 2 N–H and O–H groups in total. The second-order valence-electron chi connectivity index (χ2n) is 10.7. The van der Waals surface area contributed by atoms with Crippen LogP contribution in [0.1, 0.15) is 29.9 Å². The lowest BCUT2D eigenvalue weighted by Crippen LogP contribution is -2.34. The second-order valence-corrected chi connectivity index (χ2v) is 11.1. The van der Waals surface area contributed by atoms with E-state index < -0.39 is 11.4 Å². The number of halogens is 2. The van der Waals surface area contributed by atoms with Gasteiger partial charge in [-0.3, -0.25) is 9.48 Å². The Morgan fingerprint density at radius 3 is 2.49 bits per heavy atom. The van der Waals surface area contributed by atoms with Gasteiger partial charge < -0.3 is 15.4 Å². The Labute approximate surface area is 229 Å². The highest BCUT2D eigenvalue weighted by molar-refractivity contribution is 6.31. The molecule has 39 heavy (non-hydrogen) atoms. The number of carbonyl (C=O) groups excluding carboxylic acids is 1. The maximum absolute atomic E-state index is 13.7. The minimum absolute atomic E-state index is 0.0208. The molecule has 9 nitrogen and oxygen atoms in total. The molecule has 0 unspecified atom stereocenters. The lowest BCUT2D eigenvalue weighted by atomic mass is 9.95. The first kappa shape index (κ1) is 25.4. The van der Waals surface area contributed by atoms with Crippen LogP contribution in [0, 0.1) is 17.7 Å². The number of hydrogen-bond acceptors (Lipinski definition) is 7. The van der Waals surface area contributed by atoms with E-state index in [9.17, 15) is 9.18 Å². The summed E-state index contributed by atoms with van der Waals surface area (Å²) in [6.45, 7) is 4.96. The Kier molecular flexibility index (Phi) is 6.11. The predicted molar refractivity (Wildman–Crippen MR) is 143 cm³/mol. The van der Waals surface area contributed by atoms with Crippen molar-refractivity contribution in [3.05, 3.63) is 77.0 Å². The zero-order valence-corrected chi connectivity index (χ0v) is 22.4. The fourth-order valence-corrected chi connectivity index (χ4v) is 5.24. The number of rotatable bonds is 6. The number of fused-ring (bicyclic) bond motifs is 1. The van der Waals surface area contributed by atoms with Crippen molar-refractivity contribution in [3.63, 3.8) is 0 Å². The van der Waals surface area contributed by atoms with Gasteiger partial charge in [0.05, 0.1) is 10.7 Å². The third-order valence-corrected chi connectivity index (χ3v) is 7.60. The molecule has 11 heteroatoms. The predicted octanol–water partition coefficient (Wildman–Crippen LogP) is 4.07. The summed E-state index contributed by atoms with van der Waals surface area (Å²) >= 11 is 6.02. The van der Waals surface area contributed by atoms with Crippen LogP contribution in [0.15, 0.2) is 54.9 Å². The van der Waals surface area contributed by atoms with Crippen LogP contribution in [-0.4, -0.2) is 54.7 Å². The van der Waals surface area contributed by atoms with E-state index in [2.05, 4.69) is 20.1 Å². The summed E-state index contributed by atoms with van der Waals surface area (Å²) in [4.78, 5) is 28.2. The highest BCUT2D eigenvalue weighted by Gasteiger charge is 2.59. The van der Waals surface area contributed by atoms with Gasteiger partial charge >= 0.3 is 0 Å². The van der Waals surface area contributed by atoms with E-state index in [1.54, 1.807) is 48.4 Å². The molecule has 0 radical (unpaired) electrons. The van der Waals surface area contributed by atoms with Crippen molar-refractivity contribution in [2.75, 3.05) is 13.1 Å². The summed E-state index contributed by atoms with van der Waals surface area (Å²) in [6, 6.07) is 11.7. The molecular formula is C28H27ClFN7O2. The van der Waals surface area contributed by atoms with Gasteiger partial charge in [0.15, 0.2) is 5.82 Å². The molecular weight excluding hydrogens is 521 g/mol. The highest BCUT2D eigenvalue weighted by Crippen LogP contribution is 2.48. The normalized spacial score (nSPS) is 20.2. The highest BCUT2D eigenvalue weighted by atomic mass is 35.5. The standard InChI is InChI=1S/C28H27ClFN7O2/c1-28(2,31)16-10-21(15-5-6-20(30)19(29)9-15)34-24(11-16)39-25-17-13-37(14-18(17)25)27(38)23-12-22(35-36(23)3)26-32-7-4-8-33-26/h4-12,17-18,25H,13-14,31H2,1-3H3/t17-,18+,25-. The molecule has 0 bridgehead atoms. The minimum atomic E-state index is -0.644. The molecule has 4 heterocycles. The number of aryl methyl sites for hydroxylation is 1. The Bertz CT molecular complexity index is 1560. The van der Waals surface area contributed by atoms with Crippen LogP contribution in [-0.2, 0) is 12.6 Å². The molecule has 2 aliphatic rings. The monoisotopic (exact) mass is 547 g/mol. The third-order valence-electron chi connectivity index (χ3n) is 7.31. The number of aromatic nitrogens is 5. The van der Waals surface area contributed by atoms with Gasteiger partial charge in [0, 0.05) is 67.6 Å². The largest absolute Gasteiger partial charge is 0.474 e. The van der Waals surface area contributed by atoms with Crippen LogP contribution in [0.4, 0.5) is 4.39 Å². The van der Waals surface area contributed by atoms with E-state index in [4.69, 9.17) is 22.1 Å². The van der Waals surface area contributed by atoms with Crippen molar-refractivity contribution < 1.29 is 13.9 Å². The quantitative estimate of drug-likeness (QED) is 0.387. The van der Waals surface area contributed by atoms with Crippen molar-refractivity contribution in [1.82, 2.24) is 29.6 Å². The van der Waals surface area contributed by atoms with Gasteiger partial charge in [-0.05, 0) is 49.7 Å². The number of hydrogen-bond donors (Lipinski definition) is 1. The molecule has 1 saturated heterocycles. The number of benzene rings is 1. The van der Waals surface area contributed by atoms with Gasteiger partial charge in [0.1, 0.15) is 23.3 Å². The van der Waals surface area contributed by atoms with E-state index >= 15 is 0 Å². The first-order valence-electron chi connectivity index (χ1n) is 12.6. The van der Waals surface area contributed by atoms with Crippen LogP contribution in [0.2, 0.25) is 5.02 Å². The second kappa shape index (κ2) is 9.39. The number of nitrogens with two attached hydrogens (primary N) is 1. The molecule has 0 spiro atoms. The SMILES string of the molecule is Cn1nc(-c2ncccn2)cc1C(=O)N1C[C@@H]2[C@H](C1)[C@@H]2Oc1cc(C(C)(C)N)cc(-c2ccc(F)c(Cl)c2)n1. The van der Waals surface area contributed by atoms with Crippen molar-refractivity contribution in [2.24, 2.45) is 24.6 Å². The van der Waals surface area contributed by atoms with Crippen LogP contribution < -0.4 is 10.5 Å². The fourth-order valence-electron chi connectivity index (χ4n) is 5.06. The number of likely N-dealkylation sites (tertiary alicyclic amines) is 1. The zero-order chi connectivity index (χ0) is 27.5. The van der Waals surface area contributed by atoms with Gasteiger partial charge in [0.25, 0.3) is 5.91 Å². The molecule has 1 amide bonds. The molecule has 1 saturated carbocycles. The topological polar surface area (TPSA) is 112 Å². The number of carbonyl (C=O) groups is 1. The van der Waals surface area contributed by atoms with Gasteiger partial charge in [0.2, 0.25) is 5.88 Å². The fraction of sp³-hybridized carbons (Fsp3) is 0.321. The number of amides is 1. The average Bonchev–Trinajstić information content (AvgIpc) is 3.22. The average molecular weight is 548 g/mol. The van der Waals surface area contributed by atoms with Crippen molar-refractivity contribution in [1.29, 1.82) is 0 Å². The Balaban J connectivity index is 1.17. The maximum Gasteiger partial charge on any atom is 0.272 e. The van der Waals surface area contributed by atoms with Gasteiger partial charge in [-0.1, -0.05) is 11.6 Å². The summed E-state index contributed by atoms with van der Waals surface area (Å²) in [7, 11) is 1.74. The number of piperidine rings is 1. The van der Waals surface area contributed by atoms with Crippen LogP contribution in [0.5, 0.6) is 5.88 Å². The molecule has 3 aromatic heterocycles. The summed E-state index contributed by atoms with van der Waals surface area (Å²) in [5.41, 5.74) is 8.89. The molecule has 3 atom stereocenters. The number of nitrogens with zero attached hydrogens (tertiary/aromatic N) is 6. The summed E-state index contributed by atoms with van der Waals surface area (Å²) in [5.74, 6) is 0.755. The first-order valence-corrected chi connectivity index (χ1v) is 13.0. The zero-order valence-electron chi connectivity index (χ0n) is 21.7. The lowest BCUT2D eigenvalue weighted by molar-refractivity contribution is 0.0740. The van der Waals surface area contributed by atoms with Crippen molar-refractivity contribution >= 4 is 17.5 Å². The van der Waals surface area contributed by atoms with E-state index in [0.717, 1.165) is 5.56 Å². The van der Waals surface area contributed by atoms with Crippen LogP contribution in [0.3, 0.4) is 0 Å². The molecule has 1 aliphatic carbocycles. The van der Waals surface area contributed by atoms with Crippen molar-refractivity contribution in [3.8, 4) is 28.7 Å². The maximum atomic E-state index is 13.7. The first-order chi connectivity index (χ1) is 18.6. The van der Waals surface area contributed by atoms with E-state index in [1.807, 2.05) is 30.9 Å². The van der Waals surface area contributed by atoms with E-state index in [1.165, 1.54) is 6.07 Å². The van der Waals surface area contributed by atoms with Crippen LogP contribution in [0.25, 0.3) is 22.8 Å². The molecule has 1 aliphatic heterocycles. The molecule has 1 aromatic carbocycles. The minimum Gasteiger partial charge on any atom is -0.474 e. The number of ether oxygens (including phenoxy) is 1. The molecule has 2 fully saturated rings. The van der Waals surface area contributed by atoms with E-state index in [0.29, 0.717) is 47.4 Å². The number of pyridine rings is 1. The molecule has 4 aromatic rings. The molecule has 6 rings (SSSR count). The van der Waals surface area contributed by atoms with Gasteiger partial charge in [-0.2, -0.15) is 5.10 Å². The van der Waals surface area contributed by atoms with Crippen LogP contribution >= 0.6 is 11.6 Å². The van der Waals surface area contributed by atoms with Crippen molar-refractivity contribution in [2.45, 2.75) is 25.5 Å². The lowest BCUT2D eigenvalue weighted by Gasteiger charge is -2.22. The summed E-state index contributed by atoms with van der Waals surface area (Å²) in [6.07, 6.45) is 3.23. The Morgan fingerprint density at radius 1 is 1.10 bits per heavy atom. The Hall–Kier alpha value is -3.89. The third kappa shape index (κ3) is 4.86. The Morgan fingerprint density at radius 2 is 1.82 bits per heavy atom. The summed E-state index contributed by atoms with van der Waals surface area (Å²) < 4.78 is 21.6. The molecule has 200 valence electrons. The summed E-state index contributed by atoms with van der Waals surface area (Å²) in [5, 5.41) is 4.44. The smallest absolute Gasteiger partial charge is 0.272 e.